The molecule has 7 heteroatoms. The molecular weight excluding hydrogens is 282 g/mol. The number of hydrogen-bond acceptors (Lipinski definition) is 4. The molecule has 0 aliphatic carbocycles. The van der Waals surface area contributed by atoms with E-state index < -0.39 is 33.4 Å². The number of aliphatic carboxylic acids is 1. The summed E-state index contributed by atoms with van der Waals surface area (Å²) in [6.07, 6.45) is 1.28. The van der Waals surface area contributed by atoms with Crippen LogP contribution in [0.1, 0.15) is 17.9 Å². The van der Waals surface area contributed by atoms with Gasteiger partial charge in [-0.2, -0.15) is 0 Å². The van der Waals surface area contributed by atoms with E-state index in [0.29, 0.717) is 11.3 Å². The Bertz CT molecular complexity index is 652. The number of benzene rings is 1. The lowest BCUT2D eigenvalue weighted by molar-refractivity contribution is -0.139. The lowest BCUT2D eigenvalue weighted by Crippen LogP contribution is -2.41. The largest absolute Gasteiger partial charge is 0.481 e. The second kappa shape index (κ2) is 5.24. The SMILES string of the molecule is CS(=O)(=O)CC(=O)N1CCC(C(=O)O)c2ccccc21. The second-order valence-electron chi connectivity index (χ2n) is 4.85. The van der Waals surface area contributed by atoms with Crippen molar-refractivity contribution in [1.82, 2.24) is 0 Å². The number of fused-ring (bicyclic) bond motifs is 1. The van der Waals surface area contributed by atoms with E-state index >= 15 is 0 Å². The Morgan fingerprint density at radius 2 is 2.00 bits per heavy atom. The molecule has 0 aromatic heterocycles. The number of carbonyl (C=O) groups is 2. The van der Waals surface area contributed by atoms with Gasteiger partial charge < -0.3 is 10.0 Å². The van der Waals surface area contributed by atoms with Gasteiger partial charge in [-0.25, -0.2) is 8.42 Å². The van der Waals surface area contributed by atoms with Gasteiger partial charge in [-0.05, 0) is 18.1 Å². The Labute approximate surface area is 116 Å². The minimum Gasteiger partial charge on any atom is -0.481 e. The highest BCUT2D eigenvalue weighted by molar-refractivity contribution is 7.91. The highest BCUT2D eigenvalue weighted by Gasteiger charge is 2.32. The quantitative estimate of drug-likeness (QED) is 0.883. The number of nitrogens with zero attached hydrogens (tertiary/aromatic N) is 1. The number of para-hydroxylation sites is 1. The summed E-state index contributed by atoms with van der Waals surface area (Å²) >= 11 is 0. The van der Waals surface area contributed by atoms with Gasteiger partial charge in [0.25, 0.3) is 0 Å². The number of hydrogen-bond donors (Lipinski definition) is 1. The van der Waals surface area contributed by atoms with Gasteiger partial charge in [0.05, 0.1) is 5.92 Å². The van der Waals surface area contributed by atoms with Crippen LogP contribution < -0.4 is 4.90 Å². The summed E-state index contributed by atoms with van der Waals surface area (Å²) in [6, 6.07) is 6.71. The minimum absolute atomic E-state index is 0.211. The maximum atomic E-state index is 12.1. The molecule has 1 atom stereocenters. The van der Waals surface area contributed by atoms with Crippen molar-refractivity contribution in [3.05, 3.63) is 29.8 Å². The first kappa shape index (κ1) is 14.5. The normalized spacial score (nSPS) is 18.4. The van der Waals surface area contributed by atoms with Crippen LogP contribution >= 0.6 is 0 Å². The zero-order valence-electron chi connectivity index (χ0n) is 10.9. The molecule has 1 aliphatic rings. The summed E-state index contributed by atoms with van der Waals surface area (Å²) in [4.78, 5) is 24.6. The third kappa shape index (κ3) is 2.98. The minimum atomic E-state index is -3.41. The highest BCUT2D eigenvalue weighted by Crippen LogP contribution is 2.35. The number of carbonyl (C=O) groups excluding carboxylic acids is 1. The smallest absolute Gasteiger partial charge is 0.311 e. The molecule has 1 aliphatic heterocycles. The summed E-state index contributed by atoms with van der Waals surface area (Å²) in [5.74, 6) is -2.69. The molecule has 0 spiro atoms. The molecule has 108 valence electrons. The van der Waals surface area contributed by atoms with Crippen molar-refractivity contribution in [2.24, 2.45) is 0 Å². The van der Waals surface area contributed by atoms with E-state index in [2.05, 4.69) is 0 Å². The van der Waals surface area contributed by atoms with Crippen LogP contribution in [0.4, 0.5) is 5.69 Å². The number of carboxylic acid groups (broad SMARTS) is 1. The topological polar surface area (TPSA) is 91.8 Å². The van der Waals surface area contributed by atoms with Crippen molar-refractivity contribution in [3.8, 4) is 0 Å². The fourth-order valence-electron chi connectivity index (χ4n) is 2.38. The Kier molecular flexibility index (Phi) is 3.80. The molecule has 1 aromatic rings. The van der Waals surface area contributed by atoms with E-state index in [1.807, 2.05) is 0 Å². The van der Waals surface area contributed by atoms with E-state index in [4.69, 9.17) is 0 Å². The predicted molar refractivity (Wildman–Crippen MR) is 73.5 cm³/mol. The van der Waals surface area contributed by atoms with Crippen LogP contribution in [0.25, 0.3) is 0 Å². The summed E-state index contributed by atoms with van der Waals surface area (Å²) in [6.45, 7) is 0.211. The first-order valence-electron chi connectivity index (χ1n) is 6.09. The van der Waals surface area contributed by atoms with Crippen molar-refractivity contribution < 1.29 is 23.1 Å². The van der Waals surface area contributed by atoms with E-state index in [1.165, 1.54) is 4.90 Å². The Morgan fingerprint density at radius 3 is 2.60 bits per heavy atom. The van der Waals surface area contributed by atoms with E-state index in [9.17, 15) is 23.1 Å². The third-order valence-corrected chi connectivity index (χ3v) is 4.00. The molecule has 0 saturated carbocycles. The van der Waals surface area contributed by atoms with Crippen molar-refractivity contribution in [2.45, 2.75) is 12.3 Å². The maximum absolute atomic E-state index is 12.1. The Hall–Kier alpha value is -1.89. The van der Waals surface area contributed by atoms with E-state index in [1.54, 1.807) is 24.3 Å². The summed E-state index contributed by atoms with van der Waals surface area (Å²) in [7, 11) is -3.41. The molecule has 1 heterocycles. The lowest BCUT2D eigenvalue weighted by Gasteiger charge is -2.32. The summed E-state index contributed by atoms with van der Waals surface area (Å²) < 4.78 is 22.5. The molecule has 1 N–H and O–H groups in total. The number of anilines is 1. The zero-order chi connectivity index (χ0) is 14.9. The van der Waals surface area contributed by atoms with Crippen molar-refractivity contribution in [2.75, 3.05) is 23.5 Å². The van der Waals surface area contributed by atoms with Gasteiger partial charge >= 0.3 is 5.97 Å². The van der Waals surface area contributed by atoms with Gasteiger partial charge in [0.15, 0.2) is 9.84 Å². The summed E-state index contributed by atoms with van der Waals surface area (Å²) in [5, 5.41) is 9.20. The van der Waals surface area contributed by atoms with Gasteiger partial charge in [0.1, 0.15) is 5.75 Å². The van der Waals surface area contributed by atoms with E-state index in [-0.39, 0.29) is 13.0 Å². The third-order valence-electron chi connectivity index (χ3n) is 3.23. The van der Waals surface area contributed by atoms with Gasteiger partial charge in [0, 0.05) is 18.5 Å². The van der Waals surface area contributed by atoms with Crippen LogP contribution in [0, 0.1) is 0 Å². The molecule has 1 unspecified atom stereocenters. The molecule has 0 fully saturated rings. The highest BCUT2D eigenvalue weighted by atomic mass is 32.2. The Balaban J connectivity index is 2.37. The lowest BCUT2D eigenvalue weighted by atomic mass is 9.90. The van der Waals surface area contributed by atoms with Gasteiger partial charge in [-0.1, -0.05) is 18.2 Å². The average molecular weight is 297 g/mol. The molecule has 0 radical (unpaired) electrons. The number of sulfone groups is 1. The van der Waals surface area contributed by atoms with Crippen LogP contribution in [-0.2, 0) is 19.4 Å². The monoisotopic (exact) mass is 297 g/mol. The predicted octanol–water partition coefficient (Wildman–Crippen LogP) is 0.636. The van der Waals surface area contributed by atoms with Crippen molar-refractivity contribution >= 4 is 27.4 Å². The first-order chi connectivity index (χ1) is 9.29. The summed E-state index contributed by atoms with van der Waals surface area (Å²) in [5.41, 5.74) is 1.04. The van der Waals surface area contributed by atoms with Crippen LogP contribution in [0.2, 0.25) is 0 Å². The van der Waals surface area contributed by atoms with E-state index in [0.717, 1.165) is 6.26 Å². The molecular formula is C13H15NO5S. The molecule has 2 rings (SSSR count). The van der Waals surface area contributed by atoms with Crippen LogP contribution in [0.5, 0.6) is 0 Å². The van der Waals surface area contributed by atoms with Crippen molar-refractivity contribution in [3.63, 3.8) is 0 Å². The van der Waals surface area contributed by atoms with Gasteiger partial charge in [0.2, 0.25) is 5.91 Å². The van der Waals surface area contributed by atoms with Gasteiger partial charge in [-0.15, -0.1) is 0 Å². The number of carboxylic acids is 1. The fraction of sp³-hybridized carbons (Fsp3) is 0.385. The molecule has 20 heavy (non-hydrogen) atoms. The molecule has 0 saturated heterocycles. The van der Waals surface area contributed by atoms with Crippen LogP contribution in [0.15, 0.2) is 24.3 Å². The van der Waals surface area contributed by atoms with Crippen LogP contribution in [0.3, 0.4) is 0 Å². The fourth-order valence-corrected chi connectivity index (χ4v) is 2.98. The maximum Gasteiger partial charge on any atom is 0.311 e. The molecule has 1 amide bonds. The first-order valence-corrected chi connectivity index (χ1v) is 8.15. The number of rotatable bonds is 3. The van der Waals surface area contributed by atoms with Crippen molar-refractivity contribution in [1.29, 1.82) is 0 Å². The molecule has 0 bridgehead atoms. The second-order valence-corrected chi connectivity index (χ2v) is 6.99. The van der Waals surface area contributed by atoms with Gasteiger partial charge in [-0.3, -0.25) is 9.59 Å². The average Bonchev–Trinajstić information content (AvgIpc) is 2.35. The van der Waals surface area contributed by atoms with Crippen LogP contribution in [-0.4, -0.2) is 44.0 Å². The number of amides is 1. The zero-order valence-corrected chi connectivity index (χ0v) is 11.8. The Morgan fingerprint density at radius 1 is 1.35 bits per heavy atom. The molecule has 1 aromatic carbocycles. The standard InChI is InChI=1S/C13H15NO5S/c1-20(18,19)8-12(15)14-7-6-10(13(16)17)9-4-2-3-5-11(9)14/h2-5,10H,6-8H2,1H3,(H,16,17). The molecule has 6 nitrogen and oxygen atoms in total.